The molecule has 1 aromatic carbocycles. The first-order valence-electron chi connectivity index (χ1n) is 8.45. The normalized spacial score (nSPS) is 42.2. The molecule has 4 saturated carbocycles. The predicted molar refractivity (Wildman–Crippen MR) is 88.5 cm³/mol. The van der Waals surface area contributed by atoms with E-state index in [0.29, 0.717) is 16.9 Å². The van der Waals surface area contributed by atoms with Crippen molar-refractivity contribution in [2.75, 3.05) is 7.05 Å². The third-order valence-corrected chi connectivity index (χ3v) is 6.86. The highest BCUT2D eigenvalue weighted by atomic mass is 35.5. The number of benzene rings is 1. The van der Waals surface area contributed by atoms with Gasteiger partial charge in [-0.3, -0.25) is 0 Å². The fourth-order valence-electron chi connectivity index (χ4n) is 6.64. The number of hydrogen-bond acceptors (Lipinski definition) is 1. The Bertz CT molecular complexity index is 538. The van der Waals surface area contributed by atoms with Gasteiger partial charge in [-0.2, -0.15) is 0 Å². The van der Waals surface area contributed by atoms with Crippen LogP contribution in [0.25, 0.3) is 0 Å². The maximum atomic E-state index is 6.53. The Morgan fingerprint density at radius 1 is 1.14 bits per heavy atom. The van der Waals surface area contributed by atoms with E-state index in [4.69, 9.17) is 11.6 Å². The molecule has 4 aliphatic rings. The zero-order chi connectivity index (χ0) is 14.7. The Morgan fingerprint density at radius 2 is 1.81 bits per heavy atom. The Hall–Kier alpha value is -0.530. The van der Waals surface area contributed by atoms with Crippen LogP contribution in [-0.2, 0) is 0 Å². The summed E-state index contributed by atoms with van der Waals surface area (Å²) in [5.41, 5.74) is 2.33. The molecule has 1 nitrogen and oxygen atoms in total. The second-order valence-electron chi connectivity index (χ2n) is 8.38. The molecule has 3 unspecified atom stereocenters. The molecular formula is C19H26ClN. The molecule has 0 amide bonds. The van der Waals surface area contributed by atoms with Gasteiger partial charge in [-0.05, 0) is 79.9 Å². The first kappa shape index (κ1) is 14.1. The fourth-order valence-corrected chi connectivity index (χ4v) is 6.88. The average molecular weight is 304 g/mol. The summed E-state index contributed by atoms with van der Waals surface area (Å²) in [6.45, 7) is 2.54. The smallest absolute Gasteiger partial charge is 0.0454 e. The first-order chi connectivity index (χ1) is 10.0. The molecule has 0 aromatic heterocycles. The number of rotatable bonds is 3. The van der Waals surface area contributed by atoms with Gasteiger partial charge in [0.2, 0.25) is 0 Å². The third-order valence-electron chi connectivity index (χ3n) is 6.52. The molecule has 0 radical (unpaired) electrons. The maximum absolute atomic E-state index is 6.53. The van der Waals surface area contributed by atoms with Gasteiger partial charge in [0.05, 0.1) is 0 Å². The molecular weight excluding hydrogens is 278 g/mol. The fraction of sp³-hybridized carbons (Fsp3) is 0.684. The zero-order valence-electron chi connectivity index (χ0n) is 13.2. The lowest BCUT2D eigenvalue weighted by molar-refractivity contribution is -0.118. The molecule has 0 heterocycles. The van der Waals surface area contributed by atoms with Gasteiger partial charge in [0, 0.05) is 11.1 Å². The molecule has 0 saturated heterocycles. The lowest BCUT2D eigenvalue weighted by Gasteiger charge is -2.63. The molecule has 1 aromatic rings. The molecule has 3 atom stereocenters. The summed E-state index contributed by atoms with van der Waals surface area (Å²) >= 11 is 6.53. The molecule has 4 bridgehead atoms. The lowest BCUT2D eigenvalue weighted by atomic mass is 9.43. The summed E-state index contributed by atoms with van der Waals surface area (Å²) in [7, 11) is 2.12. The van der Waals surface area contributed by atoms with E-state index in [1.54, 1.807) is 0 Å². The van der Waals surface area contributed by atoms with E-state index < -0.39 is 0 Å². The topological polar surface area (TPSA) is 12.0 Å². The van der Waals surface area contributed by atoms with Crippen molar-refractivity contribution in [3.8, 4) is 0 Å². The van der Waals surface area contributed by atoms with Crippen molar-refractivity contribution in [2.45, 2.75) is 51.5 Å². The van der Waals surface area contributed by atoms with Crippen molar-refractivity contribution in [2.24, 2.45) is 22.7 Å². The van der Waals surface area contributed by atoms with Crippen LogP contribution in [0.4, 0.5) is 0 Å². The number of halogens is 1. The van der Waals surface area contributed by atoms with Crippen LogP contribution >= 0.6 is 11.6 Å². The molecule has 4 fully saturated rings. The number of nitrogens with one attached hydrogen (secondary N) is 1. The Labute approximate surface area is 133 Å². The third kappa shape index (κ3) is 2.16. The van der Waals surface area contributed by atoms with Crippen molar-refractivity contribution in [1.29, 1.82) is 0 Å². The van der Waals surface area contributed by atoms with Gasteiger partial charge in [0.1, 0.15) is 0 Å². The minimum Gasteiger partial charge on any atom is -0.312 e. The second kappa shape index (κ2) is 4.73. The van der Waals surface area contributed by atoms with Crippen molar-refractivity contribution < 1.29 is 0 Å². The number of hydrogen-bond donors (Lipinski definition) is 1. The van der Waals surface area contributed by atoms with Gasteiger partial charge in [-0.25, -0.2) is 0 Å². The summed E-state index contributed by atoms with van der Waals surface area (Å²) in [4.78, 5) is 0. The summed E-state index contributed by atoms with van der Waals surface area (Å²) in [5.74, 6) is 1.91. The second-order valence-corrected chi connectivity index (χ2v) is 8.78. The van der Waals surface area contributed by atoms with E-state index in [-0.39, 0.29) is 0 Å². The minimum absolute atomic E-state index is 0.413. The summed E-state index contributed by atoms with van der Waals surface area (Å²) < 4.78 is 0. The zero-order valence-corrected chi connectivity index (χ0v) is 13.9. The summed E-state index contributed by atoms with van der Waals surface area (Å²) in [6, 6.07) is 8.86. The quantitative estimate of drug-likeness (QED) is 0.808. The molecule has 2 heteroatoms. The van der Waals surface area contributed by atoms with Crippen LogP contribution in [-0.4, -0.2) is 7.05 Å². The van der Waals surface area contributed by atoms with Crippen molar-refractivity contribution >= 4 is 11.6 Å². The molecule has 21 heavy (non-hydrogen) atoms. The van der Waals surface area contributed by atoms with E-state index in [1.807, 2.05) is 12.1 Å². The SMILES string of the molecule is CNC(c1ccccc1Cl)C12CC3CC(CC(C)(C3)C1)C2. The van der Waals surface area contributed by atoms with Crippen LogP contribution < -0.4 is 5.32 Å². The van der Waals surface area contributed by atoms with Gasteiger partial charge in [0.15, 0.2) is 0 Å². The van der Waals surface area contributed by atoms with E-state index in [1.165, 1.54) is 44.1 Å². The van der Waals surface area contributed by atoms with Crippen LogP contribution in [0.15, 0.2) is 24.3 Å². The first-order valence-corrected chi connectivity index (χ1v) is 8.83. The van der Waals surface area contributed by atoms with Gasteiger partial charge in [-0.1, -0.05) is 36.7 Å². The molecule has 0 spiro atoms. The van der Waals surface area contributed by atoms with Gasteiger partial charge < -0.3 is 5.32 Å². The van der Waals surface area contributed by atoms with Crippen molar-refractivity contribution in [3.05, 3.63) is 34.9 Å². The predicted octanol–water partition coefficient (Wildman–Crippen LogP) is 5.21. The maximum Gasteiger partial charge on any atom is 0.0454 e. The molecule has 0 aliphatic heterocycles. The molecule has 5 rings (SSSR count). The molecule has 114 valence electrons. The minimum atomic E-state index is 0.413. The highest BCUT2D eigenvalue weighted by molar-refractivity contribution is 6.31. The van der Waals surface area contributed by atoms with Crippen LogP contribution in [0.2, 0.25) is 5.02 Å². The Morgan fingerprint density at radius 3 is 2.38 bits per heavy atom. The van der Waals surface area contributed by atoms with E-state index in [0.717, 1.165) is 16.9 Å². The van der Waals surface area contributed by atoms with E-state index in [2.05, 4.69) is 31.4 Å². The summed E-state index contributed by atoms with van der Waals surface area (Å²) in [6.07, 6.45) is 8.58. The van der Waals surface area contributed by atoms with Crippen molar-refractivity contribution in [1.82, 2.24) is 5.32 Å². The van der Waals surface area contributed by atoms with Crippen LogP contribution in [0.3, 0.4) is 0 Å². The molecule has 4 aliphatic carbocycles. The highest BCUT2D eigenvalue weighted by Gasteiger charge is 2.58. The highest BCUT2D eigenvalue weighted by Crippen LogP contribution is 2.68. The Kier molecular flexibility index (Phi) is 3.17. The lowest BCUT2D eigenvalue weighted by Crippen LogP contribution is -2.55. The van der Waals surface area contributed by atoms with E-state index in [9.17, 15) is 0 Å². The average Bonchev–Trinajstić information content (AvgIpc) is 2.38. The van der Waals surface area contributed by atoms with Gasteiger partial charge in [0.25, 0.3) is 0 Å². The van der Waals surface area contributed by atoms with Gasteiger partial charge >= 0.3 is 0 Å². The standard InChI is InChI=1S/C19H26ClN/c1-18-8-13-7-14(9-18)11-19(10-13,12-18)17(21-2)15-5-3-4-6-16(15)20/h3-6,13-14,17,21H,7-12H2,1-2H3. The largest absolute Gasteiger partial charge is 0.312 e. The van der Waals surface area contributed by atoms with Crippen LogP contribution in [0.5, 0.6) is 0 Å². The van der Waals surface area contributed by atoms with Crippen LogP contribution in [0.1, 0.15) is 57.1 Å². The summed E-state index contributed by atoms with van der Waals surface area (Å²) in [5, 5.41) is 4.58. The molecule has 1 N–H and O–H groups in total. The van der Waals surface area contributed by atoms with E-state index >= 15 is 0 Å². The van der Waals surface area contributed by atoms with Gasteiger partial charge in [-0.15, -0.1) is 0 Å². The van der Waals surface area contributed by atoms with Crippen molar-refractivity contribution in [3.63, 3.8) is 0 Å². The Balaban J connectivity index is 1.75. The van der Waals surface area contributed by atoms with Crippen LogP contribution in [0, 0.1) is 22.7 Å². The monoisotopic (exact) mass is 303 g/mol.